The fourth-order valence-electron chi connectivity index (χ4n) is 3.37. The molecule has 4 rings (SSSR count). The second kappa shape index (κ2) is 9.98. The van der Waals surface area contributed by atoms with Gasteiger partial charge in [0.15, 0.2) is 5.13 Å². The van der Waals surface area contributed by atoms with Crippen LogP contribution in [0.5, 0.6) is 0 Å². The Bertz CT molecular complexity index is 1570. The number of ether oxygens (including phenoxy) is 1. The monoisotopic (exact) mass is 536 g/mol. The lowest BCUT2D eigenvalue weighted by Crippen LogP contribution is -2.43. The first kappa shape index (κ1) is 24.6. The standard InChI is InChI=1S/C22H15Cl2FN4O5S/c1-34-20(32)17-9-26-21(35-17)28-18(30)16(6-10-2-4-11(25)5-3-10)29-19(31)12-7-13(23)14(24)8-15(12)27-22(29)33/h2-5,7-9,16H,6H2,1H3,(H,27,33)(H,26,28,30)/t16-/m0/s1. The first-order chi connectivity index (χ1) is 16.7. The van der Waals surface area contributed by atoms with Gasteiger partial charge in [0.1, 0.15) is 16.7 Å². The summed E-state index contributed by atoms with van der Waals surface area (Å²) in [6, 6.07) is 6.54. The van der Waals surface area contributed by atoms with Gasteiger partial charge in [-0.1, -0.05) is 46.7 Å². The summed E-state index contributed by atoms with van der Waals surface area (Å²) in [6.45, 7) is 0. The van der Waals surface area contributed by atoms with Gasteiger partial charge in [0.05, 0.1) is 34.3 Å². The van der Waals surface area contributed by atoms with Crippen LogP contribution < -0.4 is 16.6 Å². The Morgan fingerprint density at radius 1 is 1.20 bits per heavy atom. The van der Waals surface area contributed by atoms with Crippen molar-refractivity contribution in [1.82, 2.24) is 14.5 Å². The predicted octanol–water partition coefficient (Wildman–Crippen LogP) is 3.80. The SMILES string of the molecule is COC(=O)c1cnc(NC(=O)[C@H](Cc2ccc(F)cc2)n2c(=O)[nH]c3cc(Cl)c(Cl)cc3c2=O)s1. The molecule has 1 amide bonds. The van der Waals surface area contributed by atoms with Crippen LogP contribution in [0, 0.1) is 5.82 Å². The molecule has 1 atom stereocenters. The lowest BCUT2D eigenvalue weighted by molar-refractivity contribution is -0.119. The molecule has 0 aliphatic carbocycles. The van der Waals surface area contributed by atoms with E-state index in [-0.39, 0.29) is 37.4 Å². The number of carbonyl (C=O) groups excluding carboxylic acids is 2. The van der Waals surface area contributed by atoms with Crippen molar-refractivity contribution in [1.29, 1.82) is 0 Å². The lowest BCUT2D eigenvalue weighted by atomic mass is 10.0. The third kappa shape index (κ3) is 5.11. The Hall–Kier alpha value is -3.54. The number of aromatic nitrogens is 3. The number of thiazole rings is 1. The molecular weight excluding hydrogens is 522 g/mol. The van der Waals surface area contributed by atoms with E-state index in [2.05, 4.69) is 20.0 Å². The van der Waals surface area contributed by atoms with Crippen molar-refractivity contribution >= 4 is 62.4 Å². The fraction of sp³-hybridized carbons (Fsp3) is 0.136. The molecule has 4 aromatic rings. The average molecular weight is 537 g/mol. The zero-order chi connectivity index (χ0) is 25.3. The number of benzene rings is 2. The molecule has 9 nitrogen and oxygen atoms in total. The van der Waals surface area contributed by atoms with E-state index in [4.69, 9.17) is 23.2 Å². The molecule has 2 aromatic carbocycles. The number of aromatic amines is 1. The molecule has 2 N–H and O–H groups in total. The van der Waals surface area contributed by atoms with E-state index in [1.807, 2.05) is 0 Å². The second-order valence-electron chi connectivity index (χ2n) is 7.27. The van der Waals surface area contributed by atoms with Gasteiger partial charge >= 0.3 is 11.7 Å². The van der Waals surface area contributed by atoms with Gasteiger partial charge in [-0.3, -0.25) is 9.59 Å². The van der Waals surface area contributed by atoms with Crippen LogP contribution in [0.15, 0.2) is 52.2 Å². The van der Waals surface area contributed by atoms with Crippen molar-refractivity contribution in [2.24, 2.45) is 0 Å². The van der Waals surface area contributed by atoms with Crippen molar-refractivity contribution in [2.75, 3.05) is 12.4 Å². The summed E-state index contributed by atoms with van der Waals surface area (Å²) in [5.74, 6) is -1.88. The topological polar surface area (TPSA) is 123 Å². The van der Waals surface area contributed by atoms with Gasteiger partial charge in [0, 0.05) is 6.42 Å². The number of rotatable bonds is 6. The number of nitrogens with one attached hydrogen (secondary N) is 2. The third-order valence-electron chi connectivity index (χ3n) is 5.05. The number of esters is 1. The summed E-state index contributed by atoms with van der Waals surface area (Å²) in [6.07, 6.45) is 1.10. The Labute approximate surface area is 210 Å². The summed E-state index contributed by atoms with van der Waals surface area (Å²) < 4.78 is 18.8. The van der Waals surface area contributed by atoms with Crippen LogP contribution >= 0.6 is 34.5 Å². The number of H-pyrrole nitrogens is 1. The van der Waals surface area contributed by atoms with E-state index in [1.54, 1.807) is 0 Å². The van der Waals surface area contributed by atoms with Crippen molar-refractivity contribution in [3.63, 3.8) is 0 Å². The first-order valence-electron chi connectivity index (χ1n) is 9.91. The number of hydrogen-bond acceptors (Lipinski definition) is 7. The molecule has 0 saturated heterocycles. The third-order valence-corrected chi connectivity index (χ3v) is 6.66. The molecule has 0 fully saturated rings. The molecule has 2 aromatic heterocycles. The molecule has 0 aliphatic heterocycles. The van der Waals surface area contributed by atoms with E-state index >= 15 is 0 Å². The summed E-state index contributed by atoms with van der Waals surface area (Å²) in [4.78, 5) is 57.9. The Morgan fingerprint density at radius 2 is 1.89 bits per heavy atom. The highest BCUT2D eigenvalue weighted by molar-refractivity contribution is 7.17. The molecular formula is C22H15Cl2FN4O5S. The molecule has 0 bridgehead atoms. The largest absolute Gasteiger partial charge is 0.465 e. The lowest BCUT2D eigenvalue weighted by Gasteiger charge is -2.19. The molecule has 0 saturated carbocycles. The minimum atomic E-state index is -1.36. The Balaban J connectivity index is 1.80. The van der Waals surface area contributed by atoms with Gasteiger partial charge in [-0.2, -0.15) is 0 Å². The number of halogens is 3. The Morgan fingerprint density at radius 3 is 2.57 bits per heavy atom. The van der Waals surface area contributed by atoms with E-state index < -0.39 is 35.0 Å². The maximum atomic E-state index is 13.4. The number of hydrogen-bond donors (Lipinski definition) is 2. The van der Waals surface area contributed by atoms with Crippen LogP contribution in [0.25, 0.3) is 10.9 Å². The van der Waals surface area contributed by atoms with E-state index in [0.717, 1.165) is 15.9 Å². The van der Waals surface area contributed by atoms with Crippen LogP contribution in [0.3, 0.4) is 0 Å². The highest BCUT2D eigenvalue weighted by Crippen LogP contribution is 2.26. The van der Waals surface area contributed by atoms with Crippen molar-refractivity contribution in [3.8, 4) is 0 Å². The molecule has 0 aliphatic rings. The molecule has 0 radical (unpaired) electrons. The van der Waals surface area contributed by atoms with Gasteiger partial charge in [-0.15, -0.1) is 0 Å². The number of methoxy groups -OCH3 is 1. The highest BCUT2D eigenvalue weighted by atomic mass is 35.5. The predicted molar refractivity (Wildman–Crippen MR) is 130 cm³/mol. The van der Waals surface area contributed by atoms with Crippen molar-refractivity contribution in [2.45, 2.75) is 12.5 Å². The zero-order valence-electron chi connectivity index (χ0n) is 17.8. The number of amides is 1. The summed E-state index contributed by atoms with van der Waals surface area (Å²) >= 11 is 12.9. The molecule has 0 spiro atoms. The normalized spacial score (nSPS) is 11.9. The van der Waals surface area contributed by atoms with Gasteiger partial charge in [-0.05, 0) is 29.8 Å². The fourth-order valence-corrected chi connectivity index (χ4v) is 4.43. The smallest absolute Gasteiger partial charge is 0.349 e. The van der Waals surface area contributed by atoms with Crippen LogP contribution in [0.1, 0.15) is 21.3 Å². The second-order valence-corrected chi connectivity index (χ2v) is 9.12. The quantitative estimate of drug-likeness (QED) is 0.361. The van der Waals surface area contributed by atoms with Gasteiger partial charge in [0.2, 0.25) is 5.91 Å². The maximum absolute atomic E-state index is 13.4. The van der Waals surface area contributed by atoms with Crippen molar-refractivity contribution < 1.29 is 18.7 Å². The van der Waals surface area contributed by atoms with Crippen LogP contribution in [-0.2, 0) is 16.0 Å². The minimum absolute atomic E-state index is 0.0399. The number of anilines is 1. The van der Waals surface area contributed by atoms with Gasteiger partial charge in [-0.25, -0.2) is 23.5 Å². The Kier molecular flexibility index (Phi) is 7.01. The van der Waals surface area contributed by atoms with E-state index in [0.29, 0.717) is 5.56 Å². The van der Waals surface area contributed by atoms with Crippen molar-refractivity contribution in [3.05, 3.63) is 89.7 Å². The number of nitrogens with zero attached hydrogens (tertiary/aromatic N) is 2. The first-order valence-corrected chi connectivity index (χ1v) is 11.5. The van der Waals surface area contributed by atoms with Crippen LogP contribution in [0.2, 0.25) is 10.0 Å². The maximum Gasteiger partial charge on any atom is 0.349 e. The van der Waals surface area contributed by atoms with E-state index in [9.17, 15) is 23.6 Å². The summed E-state index contributed by atoms with van der Waals surface area (Å²) in [7, 11) is 1.21. The summed E-state index contributed by atoms with van der Waals surface area (Å²) in [5, 5.41) is 2.84. The summed E-state index contributed by atoms with van der Waals surface area (Å²) in [5.41, 5.74) is -1.01. The number of carbonyl (C=O) groups is 2. The number of fused-ring (bicyclic) bond motifs is 1. The molecule has 0 unspecified atom stereocenters. The zero-order valence-corrected chi connectivity index (χ0v) is 20.1. The van der Waals surface area contributed by atoms with E-state index in [1.165, 1.54) is 49.7 Å². The molecule has 180 valence electrons. The average Bonchev–Trinajstić information content (AvgIpc) is 3.29. The molecule has 13 heteroatoms. The molecule has 2 heterocycles. The van der Waals surface area contributed by atoms with Gasteiger partial charge < -0.3 is 15.0 Å². The van der Waals surface area contributed by atoms with Crippen LogP contribution in [0.4, 0.5) is 9.52 Å². The molecule has 35 heavy (non-hydrogen) atoms. The highest BCUT2D eigenvalue weighted by Gasteiger charge is 2.27. The van der Waals surface area contributed by atoms with Gasteiger partial charge in [0.25, 0.3) is 5.56 Å². The van der Waals surface area contributed by atoms with Crippen LogP contribution in [-0.4, -0.2) is 33.5 Å². The minimum Gasteiger partial charge on any atom is -0.465 e.